The van der Waals surface area contributed by atoms with Crippen LogP contribution in [0.1, 0.15) is 12.5 Å². The molecule has 1 aromatic carbocycles. The van der Waals surface area contributed by atoms with Gasteiger partial charge in [-0.05, 0) is 18.7 Å². The normalized spacial score (nSPS) is 29.9. The fraction of sp³-hybridized carbons (Fsp3) is 0.500. The number of ether oxygens (including phenoxy) is 2. The number of nitrogens with zero attached hydrogens (tertiary/aromatic N) is 2. The van der Waals surface area contributed by atoms with E-state index in [2.05, 4.69) is 0 Å². The average molecular weight is 304 g/mol. The number of methoxy groups -OCH3 is 2. The van der Waals surface area contributed by atoms with Gasteiger partial charge in [0.1, 0.15) is 6.17 Å². The molecule has 0 spiro atoms. The van der Waals surface area contributed by atoms with E-state index >= 15 is 0 Å². The molecule has 1 fully saturated rings. The van der Waals surface area contributed by atoms with Gasteiger partial charge >= 0.3 is 12.1 Å². The number of carbonyl (C=O) groups excluding carboxylic acids is 2. The van der Waals surface area contributed by atoms with Crippen LogP contribution in [0.5, 0.6) is 0 Å². The van der Waals surface area contributed by atoms with Gasteiger partial charge in [-0.25, -0.2) is 4.79 Å². The molecule has 1 amide bonds. The van der Waals surface area contributed by atoms with Gasteiger partial charge in [0.25, 0.3) is 0 Å². The monoisotopic (exact) mass is 304 g/mol. The van der Waals surface area contributed by atoms with Gasteiger partial charge in [-0.1, -0.05) is 25.1 Å². The number of likely N-dealkylation sites (N-methyl/N-ethyl adjacent to an activating group) is 1. The Bertz CT molecular complexity index is 632. The molecule has 3 rings (SSSR count). The zero-order valence-corrected chi connectivity index (χ0v) is 13.2. The van der Waals surface area contributed by atoms with Crippen molar-refractivity contribution in [3.05, 3.63) is 29.8 Å². The largest absolute Gasteiger partial charge is 0.469 e. The van der Waals surface area contributed by atoms with E-state index in [1.807, 2.05) is 43.1 Å². The number of hydrogen-bond acceptors (Lipinski definition) is 5. The van der Waals surface area contributed by atoms with Crippen LogP contribution in [-0.4, -0.2) is 50.9 Å². The van der Waals surface area contributed by atoms with Crippen molar-refractivity contribution >= 4 is 17.7 Å². The molecule has 2 aliphatic heterocycles. The van der Waals surface area contributed by atoms with Crippen LogP contribution in [0.2, 0.25) is 0 Å². The molecule has 1 aromatic rings. The SMILES string of the molecule is COC(=O)[C@H]1CN(C)[C@@H]2N(C(=O)OC)c3ccccc3[C@]12C. The standard InChI is InChI=1S/C16H20N2O4/c1-16-10-7-5-6-8-12(10)18(15(20)22-4)14(16)17(2)9-11(16)13(19)21-3/h5-8,11,14H,9H2,1-4H3/t11-,14-,16-/m1/s1. The molecule has 2 aliphatic rings. The number of esters is 1. The number of carbonyl (C=O) groups is 2. The van der Waals surface area contributed by atoms with E-state index in [1.165, 1.54) is 14.2 Å². The summed E-state index contributed by atoms with van der Waals surface area (Å²) in [6, 6.07) is 7.67. The highest BCUT2D eigenvalue weighted by atomic mass is 16.5. The zero-order chi connectivity index (χ0) is 16.1. The van der Waals surface area contributed by atoms with E-state index in [1.54, 1.807) is 4.90 Å². The zero-order valence-electron chi connectivity index (χ0n) is 13.2. The lowest BCUT2D eigenvalue weighted by atomic mass is 9.74. The van der Waals surface area contributed by atoms with E-state index in [0.717, 1.165) is 11.3 Å². The Hall–Kier alpha value is -2.08. The number of fused-ring (bicyclic) bond motifs is 3. The van der Waals surface area contributed by atoms with Gasteiger partial charge < -0.3 is 9.47 Å². The smallest absolute Gasteiger partial charge is 0.415 e. The maximum atomic E-state index is 12.3. The third-order valence-electron chi connectivity index (χ3n) is 4.99. The average Bonchev–Trinajstić information content (AvgIpc) is 2.95. The van der Waals surface area contributed by atoms with E-state index < -0.39 is 11.5 Å². The molecule has 118 valence electrons. The molecule has 2 heterocycles. The summed E-state index contributed by atoms with van der Waals surface area (Å²) in [5, 5.41) is 0. The van der Waals surface area contributed by atoms with Crippen molar-refractivity contribution in [2.45, 2.75) is 18.5 Å². The fourth-order valence-corrected chi connectivity index (χ4v) is 4.04. The molecule has 0 saturated carbocycles. The number of rotatable bonds is 1. The van der Waals surface area contributed by atoms with E-state index in [4.69, 9.17) is 9.47 Å². The van der Waals surface area contributed by atoms with E-state index in [-0.39, 0.29) is 18.1 Å². The molecule has 6 nitrogen and oxygen atoms in total. The Kier molecular flexibility index (Phi) is 3.36. The second kappa shape index (κ2) is 4.98. The Morgan fingerprint density at radius 3 is 2.55 bits per heavy atom. The molecule has 0 aliphatic carbocycles. The van der Waals surface area contributed by atoms with Crippen molar-refractivity contribution in [3.8, 4) is 0 Å². The highest BCUT2D eigenvalue weighted by molar-refractivity contribution is 5.94. The molecule has 0 bridgehead atoms. The second-order valence-electron chi connectivity index (χ2n) is 6.03. The molecule has 0 N–H and O–H groups in total. The predicted octanol–water partition coefficient (Wildman–Crippen LogP) is 1.59. The summed E-state index contributed by atoms with van der Waals surface area (Å²) in [4.78, 5) is 28.2. The number of hydrogen-bond donors (Lipinski definition) is 0. The molecular formula is C16H20N2O4. The Balaban J connectivity index is 2.19. The number of anilines is 1. The topological polar surface area (TPSA) is 59.1 Å². The first-order chi connectivity index (χ1) is 10.5. The summed E-state index contributed by atoms with van der Waals surface area (Å²) in [5.41, 5.74) is 1.25. The van der Waals surface area contributed by atoms with E-state index in [0.29, 0.717) is 6.54 Å². The number of likely N-dealkylation sites (tertiary alicyclic amines) is 1. The molecule has 0 radical (unpaired) electrons. The Labute approximate surface area is 129 Å². The summed E-state index contributed by atoms with van der Waals surface area (Å²) in [7, 11) is 4.68. The number of amides is 1. The maximum absolute atomic E-state index is 12.3. The van der Waals surface area contributed by atoms with Crippen LogP contribution in [0.3, 0.4) is 0 Å². The lowest BCUT2D eigenvalue weighted by molar-refractivity contribution is -0.146. The minimum atomic E-state index is -0.521. The van der Waals surface area contributed by atoms with Gasteiger partial charge in [-0.15, -0.1) is 0 Å². The number of benzene rings is 1. The highest BCUT2D eigenvalue weighted by Crippen LogP contribution is 2.54. The fourth-order valence-electron chi connectivity index (χ4n) is 4.04. The Morgan fingerprint density at radius 2 is 1.91 bits per heavy atom. The van der Waals surface area contributed by atoms with Crippen LogP contribution in [-0.2, 0) is 19.7 Å². The van der Waals surface area contributed by atoms with Gasteiger partial charge in [0.15, 0.2) is 0 Å². The first kappa shape index (κ1) is 14.8. The quantitative estimate of drug-likeness (QED) is 0.738. The minimum Gasteiger partial charge on any atom is -0.469 e. The Morgan fingerprint density at radius 1 is 1.23 bits per heavy atom. The summed E-state index contributed by atoms with van der Waals surface area (Å²) < 4.78 is 9.95. The van der Waals surface area contributed by atoms with Crippen LogP contribution in [0.4, 0.5) is 10.5 Å². The third-order valence-corrected chi connectivity index (χ3v) is 4.99. The lowest BCUT2D eigenvalue weighted by Gasteiger charge is -2.33. The summed E-state index contributed by atoms with van der Waals surface area (Å²) in [6.07, 6.45) is -0.681. The van der Waals surface area contributed by atoms with Gasteiger partial charge in [0, 0.05) is 12.0 Å². The molecule has 22 heavy (non-hydrogen) atoms. The van der Waals surface area contributed by atoms with Crippen molar-refractivity contribution in [1.82, 2.24) is 4.90 Å². The summed E-state index contributed by atoms with van der Waals surface area (Å²) in [5.74, 6) is -0.582. The van der Waals surface area contributed by atoms with Crippen LogP contribution >= 0.6 is 0 Å². The van der Waals surface area contributed by atoms with Gasteiger partial charge in [0.2, 0.25) is 0 Å². The van der Waals surface area contributed by atoms with Crippen LogP contribution < -0.4 is 4.90 Å². The molecule has 6 heteroatoms. The van der Waals surface area contributed by atoms with Crippen molar-refractivity contribution in [3.63, 3.8) is 0 Å². The molecule has 1 saturated heterocycles. The minimum absolute atomic E-state index is 0.252. The van der Waals surface area contributed by atoms with Crippen molar-refractivity contribution in [1.29, 1.82) is 0 Å². The maximum Gasteiger partial charge on any atom is 0.415 e. The van der Waals surface area contributed by atoms with E-state index in [9.17, 15) is 9.59 Å². The number of para-hydroxylation sites is 1. The van der Waals surface area contributed by atoms with Crippen molar-refractivity contribution < 1.29 is 19.1 Å². The first-order valence-corrected chi connectivity index (χ1v) is 7.21. The first-order valence-electron chi connectivity index (χ1n) is 7.21. The molecular weight excluding hydrogens is 284 g/mol. The molecule has 0 aromatic heterocycles. The predicted molar refractivity (Wildman–Crippen MR) is 80.6 cm³/mol. The van der Waals surface area contributed by atoms with Gasteiger partial charge in [-0.3, -0.25) is 14.6 Å². The van der Waals surface area contributed by atoms with Gasteiger partial charge in [-0.2, -0.15) is 0 Å². The highest BCUT2D eigenvalue weighted by Gasteiger charge is 2.62. The van der Waals surface area contributed by atoms with Crippen molar-refractivity contribution in [2.75, 3.05) is 32.7 Å². The lowest BCUT2D eigenvalue weighted by Crippen LogP contribution is -2.51. The molecule has 3 atom stereocenters. The summed E-state index contributed by atoms with van der Waals surface area (Å²) >= 11 is 0. The second-order valence-corrected chi connectivity index (χ2v) is 6.03. The third kappa shape index (κ3) is 1.70. The molecule has 0 unspecified atom stereocenters. The summed E-state index contributed by atoms with van der Waals surface area (Å²) in [6.45, 7) is 2.56. The van der Waals surface area contributed by atoms with Crippen LogP contribution in [0.25, 0.3) is 0 Å². The van der Waals surface area contributed by atoms with Crippen LogP contribution in [0.15, 0.2) is 24.3 Å². The van der Waals surface area contributed by atoms with Crippen LogP contribution in [0, 0.1) is 5.92 Å². The van der Waals surface area contributed by atoms with Crippen molar-refractivity contribution in [2.24, 2.45) is 5.92 Å². The van der Waals surface area contributed by atoms with Gasteiger partial charge in [0.05, 0.1) is 25.8 Å².